The second-order valence-corrected chi connectivity index (χ2v) is 3.88. The van der Waals surface area contributed by atoms with Crippen molar-refractivity contribution in [2.75, 3.05) is 0 Å². The molecule has 0 heterocycles. The third-order valence-corrected chi connectivity index (χ3v) is 2.28. The minimum atomic E-state index is 0.294. The summed E-state index contributed by atoms with van der Waals surface area (Å²) in [5, 5.41) is 9.61. The summed E-state index contributed by atoms with van der Waals surface area (Å²) in [4.78, 5) is 0. The van der Waals surface area contributed by atoms with Gasteiger partial charge in [0.05, 0.1) is 11.6 Å². The van der Waals surface area contributed by atoms with E-state index in [1.54, 1.807) is 0 Å². The van der Waals surface area contributed by atoms with E-state index in [-0.39, 0.29) is 0 Å². The van der Waals surface area contributed by atoms with Gasteiger partial charge in [0.15, 0.2) is 0 Å². The SMILES string of the molecule is Cc1cc(Cl)c(C(C)C)c(C#N)c1. The summed E-state index contributed by atoms with van der Waals surface area (Å²) in [6.07, 6.45) is 0. The van der Waals surface area contributed by atoms with E-state index in [4.69, 9.17) is 16.9 Å². The van der Waals surface area contributed by atoms with E-state index in [1.807, 2.05) is 32.9 Å². The third kappa shape index (κ3) is 2.02. The van der Waals surface area contributed by atoms with Crippen LogP contribution in [-0.4, -0.2) is 0 Å². The van der Waals surface area contributed by atoms with Crippen LogP contribution in [-0.2, 0) is 0 Å². The average Bonchev–Trinajstić information content (AvgIpc) is 2.01. The van der Waals surface area contributed by atoms with Crippen molar-refractivity contribution < 1.29 is 0 Å². The molecule has 0 aliphatic rings. The molecular formula is C11H12ClN. The summed E-state index contributed by atoms with van der Waals surface area (Å²) in [5.74, 6) is 0.294. The van der Waals surface area contributed by atoms with Gasteiger partial charge < -0.3 is 0 Å². The molecule has 0 saturated heterocycles. The van der Waals surface area contributed by atoms with E-state index in [0.29, 0.717) is 16.5 Å². The van der Waals surface area contributed by atoms with Crippen LogP contribution in [0.4, 0.5) is 0 Å². The molecule has 0 unspecified atom stereocenters. The highest BCUT2D eigenvalue weighted by molar-refractivity contribution is 6.31. The maximum Gasteiger partial charge on any atom is 0.0995 e. The molecule has 1 nitrogen and oxygen atoms in total. The van der Waals surface area contributed by atoms with Gasteiger partial charge in [-0.05, 0) is 36.1 Å². The molecule has 1 rings (SSSR count). The van der Waals surface area contributed by atoms with Crippen LogP contribution in [0, 0.1) is 18.3 Å². The lowest BCUT2D eigenvalue weighted by atomic mass is 9.96. The normalized spacial score (nSPS) is 10.2. The molecule has 0 radical (unpaired) electrons. The molecule has 13 heavy (non-hydrogen) atoms. The Morgan fingerprint density at radius 2 is 2.00 bits per heavy atom. The zero-order valence-corrected chi connectivity index (χ0v) is 8.81. The van der Waals surface area contributed by atoms with E-state index in [9.17, 15) is 0 Å². The Hall–Kier alpha value is -1.00. The molecule has 1 aromatic rings. The Morgan fingerprint density at radius 1 is 1.38 bits per heavy atom. The number of nitriles is 1. The van der Waals surface area contributed by atoms with E-state index < -0.39 is 0 Å². The van der Waals surface area contributed by atoms with Gasteiger partial charge >= 0.3 is 0 Å². The fourth-order valence-corrected chi connectivity index (χ4v) is 1.92. The van der Waals surface area contributed by atoms with Crippen molar-refractivity contribution in [2.24, 2.45) is 0 Å². The van der Waals surface area contributed by atoms with Crippen LogP contribution in [0.25, 0.3) is 0 Å². The monoisotopic (exact) mass is 193 g/mol. The predicted octanol–water partition coefficient (Wildman–Crippen LogP) is 3.64. The molecule has 0 fully saturated rings. The van der Waals surface area contributed by atoms with Crippen LogP contribution in [0.5, 0.6) is 0 Å². The molecule has 0 spiro atoms. The fourth-order valence-electron chi connectivity index (χ4n) is 1.43. The Kier molecular flexibility index (Phi) is 2.95. The Balaban J connectivity index is 3.41. The molecular weight excluding hydrogens is 182 g/mol. The molecule has 68 valence electrons. The van der Waals surface area contributed by atoms with E-state index in [1.165, 1.54) is 0 Å². The van der Waals surface area contributed by atoms with E-state index in [2.05, 4.69) is 6.07 Å². The number of aryl methyl sites for hydroxylation is 1. The molecule has 1 aromatic carbocycles. The minimum absolute atomic E-state index is 0.294. The summed E-state index contributed by atoms with van der Waals surface area (Å²) in [5.41, 5.74) is 2.68. The van der Waals surface area contributed by atoms with Gasteiger partial charge in [-0.3, -0.25) is 0 Å². The van der Waals surface area contributed by atoms with Crippen molar-refractivity contribution in [3.05, 3.63) is 33.8 Å². The van der Waals surface area contributed by atoms with Gasteiger partial charge in [-0.25, -0.2) is 0 Å². The first-order chi connectivity index (χ1) is 6.06. The Morgan fingerprint density at radius 3 is 2.46 bits per heavy atom. The van der Waals surface area contributed by atoms with Gasteiger partial charge in [0.1, 0.15) is 0 Å². The summed E-state index contributed by atoms with van der Waals surface area (Å²) in [7, 11) is 0. The maximum absolute atomic E-state index is 8.91. The highest BCUT2D eigenvalue weighted by atomic mass is 35.5. The van der Waals surface area contributed by atoms with Crippen LogP contribution in [0.15, 0.2) is 12.1 Å². The topological polar surface area (TPSA) is 23.8 Å². The van der Waals surface area contributed by atoms with Crippen molar-refractivity contribution in [1.29, 1.82) is 5.26 Å². The van der Waals surface area contributed by atoms with Crippen molar-refractivity contribution >= 4 is 11.6 Å². The van der Waals surface area contributed by atoms with Crippen LogP contribution in [0.2, 0.25) is 5.02 Å². The smallest absolute Gasteiger partial charge is 0.0995 e. The zero-order chi connectivity index (χ0) is 10.0. The number of hydrogen-bond donors (Lipinski definition) is 0. The minimum Gasteiger partial charge on any atom is -0.192 e. The summed E-state index contributed by atoms with van der Waals surface area (Å²) in [6, 6.07) is 5.95. The molecule has 0 aliphatic heterocycles. The van der Waals surface area contributed by atoms with Gasteiger partial charge in [0, 0.05) is 5.02 Å². The number of halogens is 1. The number of benzene rings is 1. The molecule has 0 N–H and O–H groups in total. The van der Waals surface area contributed by atoms with Crippen LogP contribution in [0.3, 0.4) is 0 Å². The number of rotatable bonds is 1. The molecule has 0 saturated carbocycles. The zero-order valence-electron chi connectivity index (χ0n) is 8.06. The van der Waals surface area contributed by atoms with E-state index >= 15 is 0 Å². The molecule has 0 bridgehead atoms. The molecule has 0 aromatic heterocycles. The average molecular weight is 194 g/mol. The second kappa shape index (κ2) is 3.81. The largest absolute Gasteiger partial charge is 0.192 e. The first-order valence-corrected chi connectivity index (χ1v) is 4.64. The molecule has 0 amide bonds. The van der Waals surface area contributed by atoms with Gasteiger partial charge in [-0.15, -0.1) is 0 Å². The predicted molar refractivity (Wildman–Crippen MR) is 55.0 cm³/mol. The van der Waals surface area contributed by atoms with Crippen molar-refractivity contribution in [1.82, 2.24) is 0 Å². The van der Waals surface area contributed by atoms with Crippen LogP contribution < -0.4 is 0 Å². The fraction of sp³-hybridized carbons (Fsp3) is 0.364. The van der Waals surface area contributed by atoms with Crippen LogP contribution >= 0.6 is 11.6 Å². The Bertz CT molecular complexity index is 361. The van der Waals surface area contributed by atoms with Crippen molar-refractivity contribution in [3.8, 4) is 6.07 Å². The lowest BCUT2D eigenvalue weighted by Crippen LogP contribution is -1.95. The van der Waals surface area contributed by atoms with E-state index in [0.717, 1.165) is 11.1 Å². The first kappa shape index (κ1) is 10.1. The quantitative estimate of drug-likeness (QED) is 0.668. The highest BCUT2D eigenvalue weighted by Crippen LogP contribution is 2.28. The molecule has 0 atom stereocenters. The van der Waals surface area contributed by atoms with Gasteiger partial charge in [0.25, 0.3) is 0 Å². The molecule has 2 heteroatoms. The second-order valence-electron chi connectivity index (χ2n) is 3.47. The van der Waals surface area contributed by atoms with Gasteiger partial charge in [-0.2, -0.15) is 5.26 Å². The summed E-state index contributed by atoms with van der Waals surface area (Å²) < 4.78 is 0. The number of nitrogens with zero attached hydrogens (tertiary/aromatic N) is 1. The lowest BCUT2D eigenvalue weighted by molar-refractivity contribution is 0.862. The number of hydrogen-bond acceptors (Lipinski definition) is 1. The van der Waals surface area contributed by atoms with Gasteiger partial charge in [-0.1, -0.05) is 25.4 Å². The van der Waals surface area contributed by atoms with Crippen molar-refractivity contribution in [3.63, 3.8) is 0 Å². The lowest BCUT2D eigenvalue weighted by Gasteiger charge is -2.10. The molecule has 0 aliphatic carbocycles. The Labute approximate surface area is 84.0 Å². The summed E-state index contributed by atoms with van der Waals surface area (Å²) in [6.45, 7) is 6.02. The maximum atomic E-state index is 8.91. The van der Waals surface area contributed by atoms with Crippen molar-refractivity contribution in [2.45, 2.75) is 26.7 Å². The highest BCUT2D eigenvalue weighted by Gasteiger charge is 2.11. The first-order valence-electron chi connectivity index (χ1n) is 4.26. The van der Waals surface area contributed by atoms with Gasteiger partial charge in [0.2, 0.25) is 0 Å². The summed E-state index contributed by atoms with van der Waals surface area (Å²) >= 11 is 6.06. The van der Waals surface area contributed by atoms with Crippen LogP contribution in [0.1, 0.15) is 36.5 Å². The standard InChI is InChI=1S/C11H12ClN/c1-7(2)11-9(6-13)4-8(3)5-10(11)12/h4-5,7H,1-3H3. The third-order valence-electron chi connectivity index (χ3n) is 1.97.